The first-order valence-electron chi connectivity index (χ1n) is 6.24. The van der Waals surface area contributed by atoms with Crippen LogP contribution in [0.25, 0.3) is 10.9 Å². The van der Waals surface area contributed by atoms with Gasteiger partial charge in [-0.25, -0.2) is 0 Å². The minimum absolute atomic E-state index is 0.0157. The molecule has 1 aromatic carbocycles. The molecule has 1 aliphatic carbocycles. The Balaban J connectivity index is 1.90. The number of carbonyl (C=O) groups is 1. The third-order valence-corrected chi connectivity index (χ3v) is 3.83. The molecule has 0 aliphatic heterocycles. The van der Waals surface area contributed by atoms with Gasteiger partial charge in [0.05, 0.1) is 12.1 Å². The van der Waals surface area contributed by atoms with Crippen molar-refractivity contribution in [2.24, 2.45) is 0 Å². The van der Waals surface area contributed by atoms with Gasteiger partial charge in [-0.1, -0.05) is 6.07 Å². The van der Waals surface area contributed by atoms with Crippen LogP contribution in [0.5, 0.6) is 0 Å². The zero-order valence-corrected chi connectivity index (χ0v) is 10.1. The maximum Gasteiger partial charge on any atom is 0.252 e. The zero-order valence-electron chi connectivity index (χ0n) is 10.1. The first-order chi connectivity index (χ1) is 8.74. The van der Waals surface area contributed by atoms with E-state index >= 15 is 0 Å². The van der Waals surface area contributed by atoms with E-state index in [-0.39, 0.29) is 12.5 Å². The Labute approximate surface area is 105 Å². The molecule has 0 bridgehead atoms. The van der Waals surface area contributed by atoms with Crippen LogP contribution in [0.4, 0.5) is 0 Å². The molecule has 0 radical (unpaired) electrons. The van der Waals surface area contributed by atoms with Gasteiger partial charge in [0.15, 0.2) is 0 Å². The standard InChI is InChI=1S/C14H16N2O2/c17-9-14(6-2-7-14)16-13(18)11-3-1-4-12-10(11)5-8-15-12/h1,3-5,8,15,17H,2,6-7,9H2,(H,16,18). The van der Waals surface area contributed by atoms with E-state index in [1.807, 2.05) is 30.5 Å². The van der Waals surface area contributed by atoms with Crippen LogP contribution >= 0.6 is 0 Å². The Morgan fingerprint density at radius 3 is 2.89 bits per heavy atom. The molecule has 4 nitrogen and oxygen atoms in total. The van der Waals surface area contributed by atoms with Crippen molar-refractivity contribution < 1.29 is 9.90 Å². The second kappa shape index (κ2) is 4.14. The molecule has 0 atom stereocenters. The fourth-order valence-electron chi connectivity index (χ4n) is 2.52. The summed E-state index contributed by atoms with van der Waals surface area (Å²) in [5.41, 5.74) is 1.22. The summed E-state index contributed by atoms with van der Waals surface area (Å²) >= 11 is 0. The van der Waals surface area contributed by atoms with Crippen LogP contribution in [-0.2, 0) is 0 Å². The minimum atomic E-state index is -0.393. The molecule has 18 heavy (non-hydrogen) atoms. The molecule has 0 unspecified atom stereocenters. The molecule has 3 rings (SSSR count). The van der Waals surface area contributed by atoms with Crippen molar-refractivity contribution in [1.29, 1.82) is 0 Å². The fourth-order valence-corrected chi connectivity index (χ4v) is 2.52. The molecule has 0 saturated heterocycles. The van der Waals surface area contributed by atoms with Crippen LogP contribution in [0.1, 0.15) is 29.6 Å². The third-order valence-electron chi connectivity index (χ3n) is 3.83. The fraction of sp³-hybridized carbons (Fsp3) is 0.357. The number of aliphatic hydroxyl groups is 1. The molecule has 0 spiro atoms. The molecule has 1 heterocycles. The van der Waals surface area contributed by atoms with Gasteiger partial charge in [-0.3, -0.25) is 4.79 Å². The van der Waals surface area contributed by atoms with E-state index in [1.165, 1.54) is 0 Å². The molecule has 1 saturated carbocycles. The second-order valence-electron chi connectivity index (χ2n) is 4.99. The molecule has 1 aliphatic rings. The average molecular weight is 244 g/mol. The number of aromatic nitrogens is 1. The lowest BCUT2D eigenvalue weighted by Crippen LogP contribution is -2.56. The number of aliphatic hydroxyl groups excluding tert-OH is 1. The summed E-state index contributed by atoms with van der Waals surface area (Å²) in [7, 11) is 0. The van der Waals surface area contributed by atoms with Crippen molar-refractivity contribution in [3.8, 4) is 0 Å². The highest BCUT2D eigenvalue weighted by Gasteiger charge is 2.38. The number of amides is 1. The van der Waals surface area contributed by atoms with E-state index in [0.717, 1.165) is 30.2 Å². The number of rotatable bonds is 3. The molecule has 1 aromatic heterocycles. The summed E-state index contributed by atoms with van der Waals surface area (Å²) in [6.45, 7) is 0.0157. The van der Waals surface area contributed by atoms with E-state index in [9.17, 15) is 9.90 Å². The van der Waals surface area contributed by atoms with Crippen molar-refractivity contribution in [2.45, 2.75) is 24.8 Å². The molecule has 1 amide bonds. The maximum absolute atomic E-state index is 12.3. The number of hydrogen-bond acceptors (Lipinski definition) is 2. The highest BCUT2D eigenvalue weighted by molar-refractivity contribution is 6.06. The molecular formula is C14H16N2O2. The topological polar surface area (TPSA) is 65.1 Å². The largest absolute Gasteiger partial charge is 0.394 e. The lowest BCUT2D eigenvalue weighted by Gasteiger charge is -2.41. The van der Waals surface area contributed by atoms with Crippen LogP contribution in [0, 0.1) is 0 Å². The molecule has 1 fully saturated rings. The first kappa shape index (κ1) is 11.3. The summed E-state index contributed by atoms with van der Waals surface area (Å²) in [5, 5.41) is 13.3. The van der Waals surface area contributed by atoms with E-state index in [2.05, 4.69) is 10.3 Å². The highest BCUT2D eigenvalue weighted by atomic mass is 16.3. The van der Waals surface area contributed by atoms with Crippen molar-refractivity contribution >= 4 is 16.8 Å². The van der Waals surface area contributed by atoms with Gasteiger partial charge < -0.3 is 15.4 Å². The Hall–Kier alpha value is -1.81. The molecule has 3 N–H and O–H groups in total. The number of H-pyrrole nitrogens is 1. The van der Waals surface area contributed by atoms with E-state index in [4.69, 9.17) is 0 Å². The van der Waals surface area contributed by atoms with E-state index in [0.29, 0.717) is 5.56 Å². The predicted octanol–water partition coefficient (Wildman–Crippen LogP) is 1.81. The number of benzene rings is 1. The van der Waals surface area contributed by atoms with E-state index < -0.39 is 5.54 Å². The smallest absolute Gasteiger partial charge is 0.252 e. The quantitative estimate of drug-likeness (QED) is 0.771. The number of aromatic amines is 1. The Kier molecular flexibility index (Phi) is 2.59. The Morgan fingerprint density at radius 1 is 1.39 bits per heavy atom. The number of carbonyl (C=O) groups excluding carboxylic acids is 1. The van der Waals surface area contributed by atoms with Crippen molar-refractivity contribution in [1.82, 2.24) is 10.3 Å². The molecule has 94 valence electrons. The van der Waals surface area contributed by atoms with Crippen LogP contribution in [0.3, 0.4) is 0 Å². The summed E-state index contributed by atoms with van der Waals surface area (Å²) in [6, 6.07) is 7.52. The number of fused-ring (bicyclic) bond motifs is 1. The van der Waals surface area contributed by atoms with E-state index in [1.54, 1.807) is 0 Å². The maximum atomic E-state index is 12.3. The molecule has 4 heteroatoms. The van der Waals surface area contributed by atoms with Gasteiger partial charge >= 0.3 is 0 Å². The zero-order chi connectivity index (χ0) is 12.6. The monoisotopic (exact) mass is 244 g/mol. The minimum Gasteiger partial charge on any atom is -0.394 e. The van der Waals surface area contributed by atoms with Gasteiger partial charge in [0.2, 0.25) is 0 Å². The van der Waals surface area contributed by atoms with Crippen LogP contribution in [-0.4, -0.2) is 28.1 Å². The van der Waals surface area contributed by atoms with Crippen molar-refractivity contribution in [3.63, 3.8) is 0 Å². The predicted molar refractivity (Wildman–Crippen MR) is 69.4 cm³/mol. The van der Waals surface area contributed by atoms with Crippen molar-refractivity contribution in [3.05, 3.63) is 36.0 Å². The normalized spacial score (nSPS) is 17.4. The molecular weight excluding hydrogens is 228 g/mol. The summed E-state index contributed by atoms with van der Waals surface area (Å²) in [6.07, 6.45) is 4.61. The van der Waals surface area contributed by atoms with Gasteiger partial charge in [0.25, 0.3) is 5.91 Å². The van der Waals surface area contributed by atoms with Gasteiger partial charge in [0, 0.05) is 22.7 Å². The van der Waals surface area contributed by atoms with Gasteiger partial charge in [0.1, 0.15) is 0 Å². The van der Waals surface area contributed by atoms with Gasteiger partial charge in [-0.2, -0.15) is 0 Å². The average Bonchev–Trinajstić information content (AvgIpc) is 2.81. The first-order valence-corrected chi connectivity index (χ1v) is 6.24. The lowest BCUT2D eigenvalue weighted by molar-refractivity contribution is 0.0643. The highest BCUT2D eigenvalue weighted by Crippen LogP contribution is 2.31. The van der Waals surface area contributed by atoms with Crippen LogP contribution in [0.2, 0.25) is 0 Å². The summed E-state index contributed by atoms with van der Waals surface area (Å²) in [4.78, 5) is 15.4. The van der Waals surface area contributed by atoms with Crippen LogP contribution < -0.4 is 5.32 Å². The molecule has 2 aromatic rings. The second-order valence-corrected chi connectivity index (χ2v) is 4.99. The lowest BCUT2D eigenvalue weighted by atomic mass is 9.77. The van der Waals surface area contributed by atoms with Gasteiger partial charge in [-0.05, 0) is 37.5 Å². The van der Waals surface area contributed by atoms with Crippen LogP contribution in [0.15, 0.2) is 30.5 Å². The summed E-state index contributed by atoms with van der Waals surface area (Å²) < 4.78 is 0. The van der Waals surface area contributed by atoms with Gasteiger partial charge in [-0.15, -0.1) is 0 Å². The Morgan fingerprint density at radius 2 is 2.22 bits per heavy atom. The summed E-state index contributed by atoms with van der Waals surface area (Å²) in [5.74, 6) is -0.103. The Bertz CT molecular complexity index is 579. The number of hydrogen-bond donors (Lipinski definition) is 3. The SMILES string of the molecule is O=C(NC1(CO)CCC1)c1cccc2[nH]ccc12. The van der Waals surface area contributed by atoms with Crippen molar-refractivity contribution in [2.75, 3.05) is 6.61 Å². The third kappa shape index (κ3) is 1.69. The number of nitrogens with one attached hydrogen (secondary N) is 2.